The number of aryl methyl sites for hydroxylation is 1. The Bertz CT molecular complexity index is 690. The van der Waals surface area contributed by atoms with Crippen molar-refractivity contribution in [1.29, 1.82) is 0 Å². The summed E-state index contributed by atoms with van der Waals surface area (Å²) >= 11 is 0. The maximum atomic E-state index is 12.6. The van der Waals surface area contributed by atoms with E-state index in [0.717, 1.165) is 5.56 Å². The Morgan fingerprint density at radius 3 is 2.69 bits per heavy atom. The molecule has 2 unspecified atom stereocenters. The topological polar surface area (TPSA) is 73.9 Å². The number of benzene rings is 1. The summed E-state index contributed by atoms with van der Waals surface area (Å²) in [6.07, 6.45) is 3.39. The first-order valence-electron chi connectivity index (χ1n) is 8.69. The summed E-state index contributed by atoms with van der Waals surface area (Å²) in [6, 6.07) is 5.44. The minimum Gasteiger partial charge on any atom is -0.464 e. The Labute approximate surface area is 154 Å². The normalized spacial score (nSPS) is 19.7. The molecule has 26 heavy (non-hydrogen) atoms. The van der Waals surface area contributed by atoms with Crippen LogP contribution in [0.5, 0.6) is 5.75 Å². The van der Waals surface area contributed by atoms with Crippen molar-refractivity contribution < 1.29 is 23.8 Å². The third-order valence-electron chi connectivity index (χ3n) is 3.59. The second kappa shape index (κ2) is 8.36. The average molecular weight is 361 g/mol. The van der Waals surface area contributed by atoms with Crippen LogP contribution in [0.4, 0.5) is 0 Å². The quantitative estimate of drug-likeness (QED) is 0.644. The van der Waals surface area contributed by atoms with Crippen molar-refractivity contribution in [3.63, 3.8) is 0 Å². The van der Waals surface area contributed by atoms with Crippen LogP contribution in [-0.4, -0.2) is 36.4 Å². The second-order valence-electron chi connectivity index (χ2n) is 7.39. The van der Waals surface area contributed by atoms with Gasteiger partial charge < -0.3 is 19.5 Å². The van der Waals surface area contributed by atoms with Crippen molar-refractivity contribution in [2.24, 2.45) is 0 Å². The molecule has 1 amide bonds. The monoisotopic (exact) mass is 361 g/mol. The maximum Gasteiger partial charge on any atom is 0.302 e. The number of esters is 1. The van der Waals surface area contributed by atoms with Crippen molar-refractivity contribution in [2.45, 2.75) is 59.0 Å². The van der Waals surface area contributed by atoms with Crippen molar-refractivity contribution in [3.8, 4) is 5.75 Å². The number of carbonyl (C=O) groups is 2. The van der Waals surface area contributed by atoms with Gasteiger partial charge in [0.05, 0.1) is 5.56 Å². The molecule has 0 aromatic heterocycles. The Morgan fingerprint density at radius 2 is 2.04 bits per heavy atom. The van der Waals surface area contributed by atoms with Crippen LogP contribution >= 0.6 is 0 Å². The van der Waals surface area contributed by atoms with Crippen LogP contribution in [0.3, 0.4) is 0 Å². The first-order valence-corrected chi connectivity index (χ1v) is 8.69. The predicted octanol–water partition coefficient (Wildman–Crippen LogP) is 3.14. The molecule has 1 aromatic carbocycles. The lowest BCUT2D eigenvalue weighted by Gasteiger charge is -2.27. The first kappa shape index (κ1) is 20.0. The van der Waals surface area contributed by atoms with E-state index in [0.29, 0.717) is 17.7 Å². The Morgan fingerprint density at radius 1 is 1.31 bits per heavy atom. The van der Waals surface area contributed by atoms with Gasteiger partial charge in [-0.2, -0.15) is 0 Å². The van der Waals surface area contributed by atoms with Crippen molar-refractivity contribution >= 4 is 11.9 Å². The predicted molar refractivity (Wildman–Crippen MR) is 98.1 cm³/mol. The largest absolute Gasteiger partial charge is 0.464 e. The van der Waals surface area contributed by atoms with Gasteiger partial charge >= 0.3 is 5.97 Å². The summed E-state index contributed by atoms with van der Waals surface area (Å²) in [5.41, 5.74) is 1.09. The molecule has 6 nitrogen and oxygen atoms in total. The summed E-state index contributed by atoms with van der Waals surface area (Å²) < 4.78 is 16.7. The molecule has 2 atom stereocenters. The van der Waals surface area contributed by atoms with Gasteiger partial charge in [0.2, 0.25) is 6.29 Å². The molecule has 0 bridgehead atoms. The number of carbonyl (C=O) groups excluding carboxylic acids is 2. The van der Waals surface area contributed by atoms with Crippen LogP contribution < -0.4 is 10.1 Å². The number of hydrogen-bond donors (Lipinski definition) is 1. The van der Waals surface area contributed by atoms with Gasteiger partial charge in [0, 0.05) is 18.9 Å². The molecule has 0 radical (unpaired) electrons. The first-order chi connectivity index (χ1) is 12.1. The van der Waals surface area contributed by atoms with Gasteiger partial charge in [0.25, 0.3) is 5.91 Å². The fourth-order valence-corrected chi connectivity index (χ4v) is 2.47. The van der Waals surface area contributed by atoms with Gasteiger partial charge in [-0.1, -0.05) is 18.2 Å². The number of ether oxygens (including phenoxy) is 3. The highest BCUT2D eigenvalue weighted by molar-refractivity contribution is 5.97. The van der Waals surface area contributed by atoms with Crippen LogP contribution in [0.2, 0.25) is 0 Å². The van der Waals surface area contributed by atoms with E-state index in [1.54, 1.807) is 6.07 Å². The molecular weight excluding hydrogens is 334 g/mol. The molecule has 1 aliphatic heterocycles. The van der Waals surface area contributed by atoms with Crippen molar-refractivity contribution in [1.82, 2.24) is 5.32 Å². The SMILES string of the molecule is CC(=O)OCC1C=CCC(Oc2cc(C)ccc2C(=O)NC(C)(C)C)O1. The maximum absolute atomic E-state index is 12.6. The average Bonchev–Trinajstić information content (AvgIpc) is 2.51. The Balaban J connectivity index is 2.11. The molecule has 1 aliphatic rings. The molecule has 142 valence electrons. The molecule has 2 rings (SSSR count). The van der Waals surface area contributed by atoms with Gasteiger partial charge in [-0.15, -0.1) is 0 Å². The lowest BCUT2D eigenvalue weighted by molar-refractivity contribution is -0.154. The molecule has 0 spiro atoms. The highest BCUT2D eigenvalue weighted by Crippen LogP contribution is 2.25. The molecule has 0 fully saturated rings. The van der Waals surface area contributed by atoms with E-state index in [1.165, 1.54) is 6.92 Å². The summed E-state index contributed by atoms with van der Waals surface area (Å²) in [6.45, 7) is 9.20. The van der Waals surface area contributed by atoms with E-state index in [4.69, 9.17) is 14.2 Å². The van der Waals surface area contributed by atoms with Gasteiger partial charge in [0.15, 0.2) is 0 Å². The second-order valence-corrected chi connectivity index (χ2v) is 7.39. The van der Waals surface area contributed by atoms with Gasteiger partial charge in [-0.25, -0.2) is 0 Å². The molecule has 1 heterocycles. The van der Waals surface area contributed by atoms with Crippen LogP contribution in [0.1, 0.15) is 50.0 Å². The molecule has 0 saturated heterocycles. The molecule has 0 saturated carbocycles. The molecule has 1 aromatic rings. The minimum absolute atomic E-state index is 0.136. The van der Waals surface area contributed by atoms with E-state index in [1.807, 2.05) is 52.0 Å². The van der Waals surface area contributed by atoms with E-state index in [2.05, 4.69) is 5.32 Å². The highest BCUT2D eigenvalue weighted by atomic mass is 16.7. The molecule has 0 aliphatic carbocycles. The third-order valence-corrected chi connectivity index (χ3v) is 3.59. The van der Waals surface area contributed by atoms with Crippen molar-refractivity contribution in [2.75, 3.05) is 6.61 Å². The van der Waals surface area contributed by atoms with Crippen LogP contribution in [0, 0.1) is 6.92 Å². The highest BCUT2D eigenvalue weighted by Gasteiger charge is 2.24. The van der Waals surface area contributed by atoms with E-state index < -0.39 is 6.29 Å². The third kappa shape index (κ3) is 6.19. The Kier molecular flexibility index (Phi) is 6.42. The van der Waals surface area contributed by atoms with Gasteiger partial charge in [-0.05, 0) is 45.4 Å². The summed E-state index contributed by atoms with van der Waals surface area (Å²) in [5.74, 6) is -0.0848. The van der Waals surface area contributed by atoms with Gasteiger partial charge in [-0.3, -0.25) is 9.59 Å². The van der Waals surface area contributed by atoms with Crippen LogP contribution in [0.25, 0.3) is 0 Å². The van der Waals surface area contributed by atoms with E-state index >= 15 is 0 Å². The molecular formula is C20H27NO5. The summed E-state index contributed by atoms with van der Waals surface area (Å²) in [4.78, 5) is 23.5. The lowest BCUT2D eigenvalue weighted by atomic mass is 10.1. The van der Waals surface area contributed by atoms with Crippen molar-refractivity contribution in [3.05, 3.63) is 41.5 Å². The zero-order valence-electron chi connectivity index (χ0n) is 16.0. The molecule has 6 heteroatoms. The standard InChI is InChI=1S/C20H27NO5/c1-13-9-10-16(19(23)21-20(3,4)5)17(11-13)26-18-8-6-7-15(25-18)12-24-14(2)22/h6-7,9-11,15,18H,8,12H2,1-5H3,(H,21,23). The smallest absolute Gasteiger partial charge is 0.302 e. The number of rotatable bonds is 5. The summed E-state index contributed by atoms with van der Waals surface area (Å²) in [7, 11) is 0. The fraction of sp³-hybridized carbons (Fsp3) is 0.500. The van der Waals surface area contributed by atoms with Crippen LogP contribution in [0.15, 0.2) is 30.4 Å². The van der Waals surface area contributed by atoms with Crippen LogP contribution in [-0.2, 0) is 14.3 Å². The fourth-order valence-electron chi connectivity index (χ4n) is 2.47. The minimum atomic E-state index is -0.552. The zero-order valence-corrected chi connectivity index (χ0v) is 16.0. The molecule has 1 N–H and O–H groups in total. The Hall–Kier alpha value is -2.34. The van der Waals surface area contributed by atoms with Gasteiger partial charge in [0.1, 0.15) is 18.5 Å². The number of amides is 1. The van der Waals surface area contributed by atoms with E-state index in [9.17, 15) is 9.59 Å². The zero-order chi connectivity index (χ0) is 19.3. The number of nitrogens with one attached hydrogen (secondary N) is 1. The summed E-state index contributed by atoms with van der Waals surface area (Å²) in [5, 5.41) is 2.94. The number of hydrogen-bond acceptors (Lipinski definition) is 5. The lowest BCUT2D eigenvalue weighted by Crippen LogP contribution is -2.41. The van der Waals surface area contributed by atoms with E-state index in [-0.39, 0.29) is 30.1 Å².